The van der Waals surface area contributed by atoms with E-state index in [1.165, 1.54) is 28.9 Å². The number of hydrogen-bond acceptors (Lipinski definition) is 13. The van der Waals surface area contributed by atoms with Gasteiger partial charge in [0.2, 0.25) is 12.1 Å². The third-order valence-electron chi connectivity index (χ3n) is 6.98. The lowest BCUT2D eigenvalue weighted by molar-refractivity contribution is -0.684. The van der Waals surface area contributed by atoms with Crippen LogP contribution in [-0.4, -0.2) is 78.9 Å². The summed E-state index contributed by atoms with van der Waals surface area (Å²) in [6.07, 6.45) is 4.40. The molecule has 2 fully saturated rings. The monoisotopic (exact) mass is 647 g/mol. The van der Waals surface area contributed by atoms with E-state index in [1.807, 2.05) is 0 Å². The average Bonchev–Trinajstić information content (AvgIpc) is 3.36. The van der Waals surface area contributed by atoms with Crippen molar-refractivity contribution in [3.63, 3.8) is 0 Å². The van der Waals surface area contributed by atoms with E-state index in [9.17, 15) is 34.2 Å². The number of β-lactam (4-membered cyclic amide) rings is 1. The van der Waals surface area contributed by atoms with Crippen LogP contribution in [0.1, 0.15) is 25.0 Å². The Balaban J connectivity index is 1.29. The first kappa shape index (κ1) is 30.3. The van der Waals surface area contributed by atoms with Crippen molar-refractivity contribution in [2.45, 2.75) is 47.7 Å². The molecule has 0 radical (unpaired) electrons. The topological polar surface area (TPSA) is 234 Å². The molecular weight excluding hydrogens is 623 g/mol. The second-order valence-corrected chi connectivity index (χ2v) is 12.9. The summed E-state index contributed by atoms with van der Waals surface area (Å²) in [4.78, 5) is 72.6. The van der Waals surface area contributed by atoms with E-state index in [-0.39, 0.29) is 53.1 Å². The highest BCUT2D eigenvalue weighted by atomic mass is 32.2. The van der Waals surface area contributed by atoms with Gasteiger partial charge in [-0.2, -0.15) is 4.57 Å². The van der Waals surface area contributed by atoms with Crippen LogP contribution in [-0.2, 0) is 35.4 Å². The number of rotatable bonds is 12. The standard InChI is InChI=1S/C25H25N7O8S3/c26-15(33)8-31-6-2-13(3-7-31)41-9-12-10-42-21-17(20(35)32(21)18(12)22(36)37)29-19(34)16(14-11-43-24(27)28-14)30-40-25(23(38)39)4-1-5-25/h2-3,6-7,11,17,21H,1,4-5,8-10H2,(H6-,26,27,28,29,33,34,36,37,38,39)/b30-16-/t17-,21-/m1/s1. The van der Waals surface area contributed by atoms with Gasteiger partial charge >= 0.3 is 5.97 Å². The number of nitrogen functional groups attached to an aromatic ring is 1. The molecule has 3 aliphatic rings. The number of carboxylic acids is 2. The summed E-state index contributed by atoms with van der Waals surface area (Å²) in [5, 5.41) is 28.9. The number of pyridine rings is 1. The number of amides is 3. The van der Waals surface area contributed by atoms with E-state index in [4.69, 9.17) is 16.3 Å². The minimum absolute atomic E-state index is 0.0268. The highest BCUT2D eigenvalue weighted by molar-refractivity contribution is 8.01. The molecule has 43 heavy (non-hydrogen) atoms. The van der Waals surface area contributed by atoms with Crippen LogP contribution in [0, 0.1) is 0 Å². The molecule has 3 amide bonds. The third kappa shape index (κ3) is 6.16. The summed E-state index contributed by atoms with van der Waals surface area (Å²) in [6.45, 7) is 0.0268. The van der Waals surface area contributed by atoms with Crippen LogP contribution in [0.2, 0.25) is 0 Å². The molecule has 0 bridgehead atoms. The van der Waals surface area contributed by atoms with Crippen molar-refractivity contribution in [2.75, 3.05) is 17.2 Å². The third-order valence-corrected chi connectivity index (χ3v) is 10.1. The number of primary amides is 1. The number of carbonyl (C=O) groups excluding carboxylic acids is 4. The lowest BCUT2D eigenvalue weighted by atomic mass is 9.80. The Morgan fingerprint density at radius 1 is 1.30 bits per heavy atom. The van der Waals surface area contributed by atoms with Crippen molar-refractivity contribution in [3.05, 3.63) is 46.9 Å². The number of hydrogen-bond donors (Lipinski definition) is 4. The zero-order valence-electron chi connectivity index (χ0n) is 22.3. The zero-order valence-corrected chi connectivity index (χ0v) is 24.7. The molecule has 1 aliphatic carbocycles. The Labute approximate surface area is 256 Å². The molecule has 18 heteroatoms. The van der Waals surface area contributed by atoms with Crippen LogP contribution in [0.25, 0.3) is 0 Å². The summed E-state index contributed by atoms with van der Waals surface area (Å²) in [6, 6.07) is 2.43. The first-order valence-electron chi connectivity index (χ1n) is 12.8. The molecule has 2 aliphatic heterocycles. The maximum Gasteiger partial charge on any atom is 0.350 e. The van der Waals surface area contributed by atoms with Crippen molar-refractivity contribution >= 4 is 75.4 Å². The van der Waals surface area contributed by atoms with E-state index in [0.717, 1.165) is 21.1 Å². The summed E-state index contributed by atoms with van der Waals surface area (Å²) in [5.41, 5.74) is 9.27. The molecule has 0 spiro atoms. The van der Waals surface area contributed by atoms with Gasteiger partial charge in [-0.05, 0) is 12.0 Å². The quantitative estimate of drug-likeness (QED) is 0.0672. The molecule has 2 aromatic rings. The number of nitrogens with zero attached hydrogens (tertiary/aromatic N) is 4. The van der Waals surface area contributed by atoms with E-state index in [2.05, 4.69) is 15.5 Å². The number of carbonyl (C=O) groups is 5. The number of thioether (sulfide) groups is 2. The number of oxime groups is 1. The van der Waals surface area contributed by atoms with Gasteiger partial charge in [0.05, 0.1) is 11.7 Å². The SMILES string of the molecule is NC(=O)C[n+]1ccc(SCC2=C(C(=O)[O-])N3C(=O)[C@@H](NC(=O)/C(=N\OC4(C(=O)O)CCC4)c4csc(N)n4)[C@H]3SC2)cc1. The maximum atomic E-state index is 13.3. The number of nitrogens with one attached hydrogen (secondary N) is 1. The fraction of sp³-hybridized carbons (Fsp3) is 0.360. The number of carboxylic acid groups (broad SMARTS) is 2. The Kier molecular flexibility index (Phi) is 8.61. The van der Waals surface area contributed by atoms with Gasteiger partial charge in [-0.15, -0.1) is 34.9 Å². The predicted octanol–water partition coefficient (Wildman–Crippen LogP) is -1.58. The second kappa shape index (κ2) is 12.2. The summed E-state index contributed by atoms with van der Waals surface area (Å²) in [7, 11) is 0. The molecule has 6 N–H and O–H groups in total. The fourth-order valence-corrected chi connectivity index (χ4v) is 7.48. The van der Waals surface area contributed by atoms with Crippen LogP contribution in [0.4, 0.5) is 5.13 Å². The molecule has 15 nitrogen and oxygen atoms in total. The van der Waals surface area contributed by atoms with Crippen LogP contribution in [0.5, 0.6) is 0 Å². The molecule has 0 aromatic carbocycles. The normalized spacial score (nSPS) is 20.9. The van der Waals surface area contributed by atoms with Crippen LogP contribution < -0.4 is 26.5 Å². The van der Waals surface area contributed by atoms with E-state index < -0.39 is 46.7 Å². The summed E-state index contributed by atoms with van der Waals surface area (Å²) >= 11 is 3.66. The van der Waals surface area contributed by atoms with E-state index in [0.29, 0.717) is 12.0 Å². The lowest BCUT2D eigenvalue weighted by Crippen LogP contribution is -2.71. The van der Waals surface area contributed by atoms with Crippen LogP contribution in [0.15, 0.2) is 51.2 Å². The second-order valence-electron chi connectivity index (χ2n) is 9.82. The minimum Gasteiger partial charge on any atom is -0.543 e. The van der Waals surface area contributed by atoms with Gasteiger partial charge in [0.25, 0.3) is 17.7 Å². The van der Waals surface area contributed by atoms with Crippen molar-refractivity contribution in [3.8, 4) is 0 Å². The number of anilines is 1. The summed E-state index contributed by atoms with van der Waals surface area (Å²) in [5.74, 6) is -4.20. The fourth-order valence-electron chi connectivity index (χ4n) is 4.56. The first-order valence-corrected chi connectivity index (χ1v) is 15.7. The van der Waals surface area contributed by atoms with Crippen molar-refractivity contribution in [1.82, 2.24) is 15.2 Å². The summed E-state index contributed by atoms with van der Waals surface area (Å²) < 4.78 is 1.61. The van der Waals surface area contributed by atoms with Crippen LogP contribution in [0.3, 0.4) is 0 Å². The predicted molar refractivity (Wildman–Crippen MR) is 152 cm³/mol. The van der Waals surface area contributed by atoms with Gasteiger partial charge in [-0.1, -0.05) is 5.16 Å². The molecule has 4 heterocycles. The number of thiazole rings is 1. The smallest absolute Gasteiger partial charge is 0.350 e. The van der Waals surface area contributed by atoms with Crippen molar-refractivity contribution < 1.29 is 43.6 Å². The average molecular weight is 648 g/mol. The zero-order chi connectivity index (χ0) is 30.9. The molecule has 2 atom stereocenters. The van der Waals surface area contributed by atoms with Gasteiger partial charge in [0.1, 0.15) is 17.1 Å². The molecule has 1 saturated carbocycles. The molecule has 0 unspecified atom stereocenters. The van der Waals surface area contributed by atoms with E-state index in [1.54, 1.807) is 29.1 Å². The number of fused-ring (bicyclic) bond motifs is 1. The number of nitrogens with two attached hydrogens (primary N) is 2. The van der Waals surface area contributed by atoms with Gasteiger partial charge in [-0.3, -0.25) is 19.3 Å². The molecule has 1 saturated heterocycles. The van der Waals surface area contributed by atoms with Gasteiger partial charge in [0.15, 0.2) is 23.2 Å². The Morgan fingerprint density at radius 2 is 2.02 bits per heavy atom. The van der Waals surface area contributed by atoms with Crippen molar-refractivity contribution in [1.29, 1.82) is 0 Å². The molecule has 5 rings (SSSR count). The lowest BCUT2D eigenvalue weighted by Gasteiger charge is -2.50. The van der Waals surface area contributed by atoms with Crippen LogP contribution >= 0.6 is 34.9 Å². The highest BCUT2D eigenvalue weighted by Gasteiger charge is 2.53. The van der Waals surface area contributed by atoms with Gasteiger partial charge < -0.3 is 36.6 Å². The largest absolute Gasteiger partial charge is 0.543 e. The molecular formula is C25H25N7O8S3. The number of aliphatic carboxylic acids is 2. The van der Waals surface area contributed by atoms with Gasteiger partial charge in [0, 0.05) is 46.8 Å². The molecule has 2 aromatic heterocycles. The Bertz CT molecular complexity index is 1550. The highest BCUT2D eigenvalue weighted by Crippen LogP contribution is 2.41. The molecule has 226 valence electrons. The maximum absolute atomic E-state index is 13.3. The van der Waals surface area contributed by atoms with Gasteiger partial charge in [-0.25, -0.2) is 9.78 Å². The Hall–Kier alpha value is -4.16. The van der Waals surface area contributed by atoms with Crippen molar-refractivity contribution in [2.24, 2.45) is 10.9 Å². The first-order chi connectivity index (χ1) is 20.5. The Morgan fingerprint density at radius 3 is 2.58 bits per heavy atom. The van der Waals surface area contributed by atoms with E-state index >= 15 is 0 Å². The number of aromatic nitrogens is 2. The minimum atomic E-state index is -1.55.